The zero-order valence-corrected chi connectivity index (χ0v) is 18.7. The average Bonchev–Trinajstić information content (AvgIpc) is 3.18. The lowest BCUT2D eigenvalue weighted by atomic mass is 10.3. The Kier molecular flexibility index (Phi) is 7.65. The molecular weight excluding hydrogens is 461 g/mol. The Bertz CT molecular complexity index is 1130. The monoisotopic (exact) mass is 479 g/mol. The molecule has 0 aliphatic rings. The molecule has 1 unspecified atom stereocenters. The fraction of sp³-hybridized carbons (Fsp3) is 0.250. The van der Waals surface area contributed by atoms with Gasteiger partial charge in [0, 0.05) is 18.3 Å². The molecule has 0 bridgehead atoms. The van der Waals surface area contributed by atoms with Crippen molar-refractivity contribution in [2.45, 2.75) is 31.7 Å². The summed E-state index contributed by atoms with van der Waals surface area (Å²) in [5.74, 6) is 0.353. The summed E-state index contributed by atoms with van der Waals surface area (Å²) in [6.07, 6.45) is -0.453. The van der Waals surface area contributed by atoms with Crippen LogP contribution in [0.1, 0.15) is 25.8 Å². The molecule has 2 aromatic carbocycles. The van der Waals surface area contributed by atoms with Gasteiger partial charge in [0.25, 0.3) is 5.69 Å². The van der Waals surface area contributed by atoms with E-state index in [1.807, 2.05) is 11.5 Å². The Morgan fingerprint density at radius 3 is 2.69 bits per heavy atom. The fourth-order valence-electron chi connectivity index (χ4n) is 2.83. The smallest absolute Gasteiger partial charge is 0.289 e. The molecule has 1 amide bonds. The SMILES string of the molecule is CCn1c(SCC(=O)Nc2ccc(Cl)c([N+](=O)[O-])c2)nnc1C(C)Oc1ccc(F)cc1. The summed E-state index contributed by atoms with van der Waals surface area (Å²) in [6.45, 7) is 4.26. The molecule has 0 fully saturated rings. The number of amides is 1. The molecule has 1 atom stereocenters. The molecule has 0 saturated heterocycles. The first-order valence-electron chi connectivity index (χ1n) is 9.50. The Hall–Kier alpha value is -3.18. The minimum absolute atomic E-state index is 0.0112. The number of anilines is 1. The van der Waals surface area contributed by atoms with Crippen LogP contribution in [0.25, 0.3) is 0 Å². The highest BCUT2D eigenvalue weighted by Crippen LogP contribution is 2.28. The maximum Gasteiger partial charge on any atom is 0.289 e. The van der Waals surface area contributed by atoms with Gasteiger partial charge in [0.2, 0.25) is 5.91 Å². The molecule has 0 spiro atoms. The minimum Gasteiger partial charge on any atom is -0.483 e. The second-order valence-electron chi connectivity index (χ2n) is 6.56. The molecule has 0 radical (unpaired) electrons. The van der Waals surface area contributed by atoms with Gasteiger partial charge in [-0.25, -0.2) is 4.39 Å². The van der Waals surface area contributed by atoms with Crippen molar-refractivity contribution in [1.82, 2.24) is 14.8 Å². The third kappa shape index (κ3) is 5.74. The molecule has 0 aliphatic carbocycles. The summed E-state index contributed by atoms with van der Waals surface area (Å²) in [4.78, 5) is 22.7. The van der Waals surface area contributed by atoms with Crippen LogP contribution in [0.2, 0.25) is 5.02 Å². The van der Waals surface area contributed by atoms with E-state index in [0.29, 0.717) is 23.3 Å². The van der Waals surface area contributed by atoms with E-state index in [-0.39, 0.29) is 33.9 Å². The molecule has 0 saturated carbocycles. The van der Waals surface area contributed by atoms with Gasteiger partial charge in [-0.05, 0) is 50.2 Å². The number of carbonyl (C=O) groups excluding carboxylic acids is 1. The van der Waals surface area contributed by atoms with Crippen LogP contribution in [-0.4, -0.2) is 31.3 Å². The van der Waals surface area contributed by atoms with Crippen LogP contribution < -0.4 is 10.1 Å². The van der Waals surface area contributed by atoms with E-state index in [1.165, 1.54) is 54.2 Å². The Morgan fingerprint density at radius 1 is 1.31 bits per heavy atom. The van der Waals surface area contributed by atoms with Crippen molar-refractivity contribution in [1.29, 1.82) is 0 Å². The maximum absolute atomic E-state index is 13.1. The number of nitrogens with one attached hydrogen (secondary N) is 1. The molecule has 9 nitrogen and oxygen atoms in total. The first-order chi connectivity index (χ1) is 15.3. The van der Waals surface area contributed by atoms with E-state index in [0.717, 1.165) is 0 Å². The van der Waals surface area contributed by atoms with Crippen LogP contribution >= 0.6 is 23.4 Å². The number of rotatable bonds is 9. The van der Waals surface area contributed by atoms with Crippen LogP contribution in [0.5, 0.6) is 5.75 Å². The molecule has 1 aromatic heterocycles. The standard InChI is InChI=1S/C20H19ClFN5O4S/c1-3-26-19(12(2)31-15-7-4-13(22)5-8-15)24-25-20(26)32-11-18(28)23-14-6-9-16(21)17(10-14)27(29)30/h4-10,12H,3,11H2,1-2H3,(H,23,28). The summed E-state index contributed by atoms with van der Waals surface area (Å²) in [5.41, 5.74) is -0.0201. The van der Waals surface area contributed by atoms with Gasteiger partial charge >= 0.3 is 0 Å². The van der Waals surface area contributed by atoms with Crippen molar-refractivity contribution in [3.05, 3.63) is 69.2 Å². The zero-order valence-electron chi connectivity index (χ0n) is 17.1. The number of hydrogen-bond acceptors (Lipinski definition) is 7. The van der Waals surface area contributed by atoms with Gasteiger partial charge in [-0.15, -0.1) is 10.2 Å². The van der Waals surface area contributed by atoms with Crippen molar-refractivity contribution in [3.8, 4) is 5.75 Å². The number of nitro benzene ring substituents is 1. The normalized spacial score (nSPS) is 11.8. The molecule has 1 heterocycles. The lowest BCUT2D eigenvalue weighted by molar-refractivity contribution is -0.384. The van der Waals surface area contributed by atoms with Gasteiger partial charge in [0.15, 0.2) is 17.1 Å². The first kappa shape index (κ1) is 23.5. The maximum atomic E-state index is 13.1. The predicted molar refractivity (Wildman–Crippen MR) is 119 cm³/mol. The minimum atomic E-state index is -0.618. The second-order valence-corrected chi connectivity index (χ2v) is 7.91. The number of ether oxygens (including phenoxy) is 1. The zero-order chi connectivity index (χ0) is 23.3. The van der Waals surface area contributed by atoms with Crippen molar-refractivity contribution >= 4 is 40.6 Å². The van der Waals surface area contributed by atoms with E-state index < -0.39 is 11.0 Å². The highest BCUT2D eigenvalue weighted by molar-refractivity contribution is 7.99. The summed E-state index contributed by atoms with van der Waals surface area (Å²) in [7, 11) is 0. The van der Waals surface area contributed by atoms with E-state index in [9.17, 15) is 19.3 Å². The van der Waals surface area contributed by atoms with Crippen molar-refractivity contribution in [2.24, 2.45) is 0 Å². The fourth-order valence-corrected chi connectivity index (χ4v) is 3.83. The number of aromatic nitrogens is 3. The van der Waals surface area contributed by atoms with Crippen molar-refractivity contribution in [3.63, 3.8) is 0 Å². The van der Waals surface area contributed by atoms with E-state index >= 15 is 0 Å². The number of nitro groups is 1. The third-order valence-electron chi connectivity index (χ3n) is 4.31. The van der Waals surface area contributed by atoms with E-state index in [4.69, 9.17) is 16.3 Å². The first-order valence-corrected chi connectivity index (χ1v) is 10.9. The second kappa shape index (κ2) is 10.4. The molecular formula is C20H19ClFN5O4S. The van der Waals surface area contributed by atoms with Gasteiger partial charge in [-0.2, -0.15) is 0 Å². The Balaban J connectivity index is 1.63. The summed E-state index contributed by atoms with van der Waals surface area (Å²) in [6, 6.07) is 9.71. The van der Waals surface area contributed by atoms with Crippen LogP contribution in [0, 0.1) is 15.9 Å². The number of benzene rings is 2. The summed E-state index contributed by atoms with van der Waals surface area (Å²) < 4.78 is 20.7. The Labute approximate surface area is 192 Å². The van der Waals surface area contributed by atoms with Crippen LogP contribution in [-0.2, 0) is 11.3 Å². The average molecular weight is 480 g/mol. The molecule has 1 N–H and O–H groups in total. The molecule has 168 valence electrons. The number of hydrogen-bond donors (Lipinski definition) is 1. The number of thioether (sulfide) groups is 1. The Morgan fingerprint density at radius 2 is 2.03 bits per heavy atom. The number of halogens is 2. The highest BCUT2D eigenvalue weighted by Gasteiger charge is 2.20. The van der Waals surface area contributed by atoms with Crippen LogP contribution in [0.15, 0.2) is 47.6 Å². The number of nitrogens with zero attached hydrogens (tertiary/aromatic N) is 4. The van der Waals surface area contributed by atoms with Crippen LogP contribution in [0.4, 0.5) is 15.8 Å². The van der Waals surface area contributed by atoms with E-state index in [2.05, 4.69) is 15.5 Å². The summed E-state index contributed by atoms with van der Waals surface area (Å²) in [5, 5.41) is 22.4. The summed E-state index contributed by atoms with van der Waals surface area (Å²) >= 11 is 6.96. The lowest BCUT2D eigenvalue weighted by Crippen LogP contribution is -2.15. The molecule has 3 rings (SSSR count). The van der Waals surface area contributed by atoms with Gasteiger partial charge in [0.05, 0.1) is 10.7 Å². The van der Waals surface area contributed by atoms with Crippen molar-refractivity contribution < 1.29 is 18.8 Å². The largest absolute Gasteiger partial charge is 0.483 e. The van der Waals surface area contributed by atoms with Gasteiger partial charge in [-0.3, -0.25) is 14.9 Å². The van der Waals surface area contributed by atoms with E-state index in [1.54, 1.807) is 6.92 Å². The third-order valence-corrected chi connectivity index (χ3v) is 5.60. The topological polar surface area (TPSA) is 112 Å². The van der Waals surface area contributed by atoms with Crippen LogP contribution in [0.3, 0.4) is 0 Å². The lowest BCUT2D eigenvalue weighted by Gasteiger charge is -2.15. The molecule has 0 aliphatic heterocycles. The molecule has 3 aromatic rings. The molecule has 12 heteroatoms. The van der Waals surface area contributed by atoms with Crippen molar-refractivity contribution in [2.75, 3.05) is 11.1 Å². The van der Waals surface area contributed by atoms with Gasteiger partial charge in [0.1, 0.15) is 16.6 Å². The molecule has 32 heavy (non-hydrogen) atoms. The number of carbonyl (C=O) groups is 1. The van der Waals surface area contributed by atoms with Gasteiger partial charge in [-0.1, -0.05) is 23.4 Å². The predicted octanol–water partition coefficient (Wildman–Crippen LogP) is 4.87. The van der Waals surface area contributed by atoms with Gasteiger partial charge < -0.3 is 14.6 Å². The highest BCUT2D eigenvalue weighted by atomic mass is 35.5. The quantitative estimate of drug-likeness (QED) is 0.264.